The normalized spacial score (nSPS) is 15.2. The second-order valence-electron chi connectivity index (χ2n) is 7.83. The molecule has 37 heavy (non-hydrogen) atoms. The van der Waals surface area contributed by atoms with Crippen LogP contribution in [0.4, 0.5) is 0 Å². The van der Waals surface area contributed by atoms with Gasteiger partial charge in [-0.05, 0) is 48.4 Å². The summed E-state index contributed by atoms with van der Waals surface area (Å²) in [7, 11) is 1.54. The van der Waals surface area contributed by atoms with Gasteiger partial charge in [-0.25, -0.2) is 9.79 Å². The molecule has 3 aromatic carbocycles. The van der Waals surface area contributed by atoms with E-state index >= 15 is 0 Å². The number of ether oxygens (including phenoxy) is 3. The number of carbonyl (C=O) groups excluding carboxylic acids is 2. The minimum atomic E-state index is -0.752. The monoisotopic (exact) mass is 515 g/mol. The van der Waals surface area contributed by atoms with Crippen molar-refractivity contribution in [3.05, 3.63) is 112 Å². The Morgan fingerprint density at radius 3 is 2.35 bits per heavy atom. The van der Waals surface area contributed by atoms with Crippen molar-refractivity contribution in [2.45, 2.75) is 13.5 Å². The Kier molecular flexibility index (Phi) is 8.43. The van der Waals surface area contributed by atoms with Crippen molar-refractivity contribution in [1.29, 1.82) is 0 Å². The molecule has 0 spiro atoms. The maximum absolute atomic E-state index is 12.7. The van der Waals surface area contributed by atoms with E-state index in [1.54, 1.807) is 68.6 Å². The smallest absolute Gasteiger partial charge is 0.344 e. The maximum Gasteiger partial charge on any atom is 0.344 e. The van der Waals surface area contributed by atoms with Gasteiger partial charge in [0.2, 0.25) is 0 Å². The largest absolute Gasteiger partial charge is 0.506 e. The number of amides is 1. The van der Waals surface area contributed by atoms with Gasteiger partial charge >= 0.3 is 5.97 Å². The van der Waals surface area contributed by atoms with E-state index in [2.05, 4.69) is 4.99 Å². The lowest BCUT2D eigenvalue weighted by atomic mass is 10.1. The van der Waals surface area contributed by atoms with Gasteiger partial charge in [0.25, 0.3) is 5.91 Å². The minimum absolute atomic E-state index is 0.0748. The third-order valence-corrected chi connectivity index (χ3v) is 6.34. The summed E-state index contributed by atoms with van der Waals surface area (Å²) in [6, 6.07) is 23.6. The summed E-state index contributed by atoms with van der Waals surface area (Å²) in [6.07, 6.45) is 1.68. The molecule has 0 radical (unpaired) electrons. The molecular formula is C29H25NO6S. The third-order valence-electron chi connectivity index (χ3n) is 5.32. The molecular weight excluding hydrogens is 490 g/mol. The van der Waals surface area contributed by atoms with Crippen molar-refractivity contribution >= 4 is 34.8 Å². The number of aliphatic imine (C=N–C) groups is 1. The Hall–Kier alpha value is -4.30. The summed E-state index contributed by atoms with van der Waals surface area (Å²) in [5.41, 5.74) is 1.94. The number of benzene rings is 3. The highest BCUT2D eigenvalue weighted by atomic mass is 32.2. The van der Waals surface area contributed by atoms with Crippen molar-refractivity contribution in [1.82, 2.24) is 0 Å². The highest BCUT2D eigenvalue weighted by Gasteiger charge is 2.34. The maximum atomic E-state index is 12.7. The molecule has 0 bridgehead atoms. The quantitative estimate of drug-likeness (QED) is 0.369. The molecule has 0 fully saturated rings. The van der Waals surface area contributed by atoms with Crippen LogP contribution in [0.5, 0.6) is 11.5 Å². The zero-order valence-corrected chi connectivity index (χ0v) is 21.2. The fraction of sp³-hybridized carbons (Fsp3) is 0.138. The Bertz CT molecular complexity index is 1380. The first kappa shape index (κ1) is 25.8. The minimum Gasteiger partial charge on any atom is -0.506 e. The van der Waals surface area contributed by atoms with Crippen LogP contribution in [0.1, 0.15) is 28.4 Å². The average Bonchev–Trinajstić information content (AvgIpc) is 3.22. The first-order valence-corrected chi connectivity index (χ1v) is 12.3. The molecule has 188 valence electrons. The average molecular weight is 516 g/mol. The van der Waals surface area contributed by atoms with Crippen molar-refractivity contribution in [2.24, 2.45) is 4.99 Å². The second-order valence-corrected chi connectivity index (χ2v) is 8.86. The van der Waals surface area contributed by atoms with Gasteiger partial charge in [-0.15, -0.1) is 0 Å². The first-order valence-electron chi connectivity index (χ1n) is 11.5. The fourth-order valence-electron chi connectivity index (χ4n) is 3.51. The SMILES string of the molecule is CCOC(=O)C1=C(O)/C(=C/c2ccc(OCc3ccccc3)c(OC)c2)SC1=NC(=O)c1ccccc1. The molecule has 0 atom stereocenters. The summed E-state index contributed by atoms with van der Waals surface area (Å²) in [6.45, 7) is 2.16. The summed E-state index contributed by atoms with van der Waals surface area (Å²) < 4.78 is 16.5. The molecule has 8 heteroatoms. The number of esters is 1. The lowest BCUT2D eigenvalue weighted by Crippen LogP contribution is -2.14. The van der Waals surface area contributed by atoms with Gasteiger partial charge in [-0.2, -0.15) is 0 Å². The highest BCUT2D eigenvalue weighted by Crippen LogP contribution is 2.40. The topological polar surface area (TPSA) is 94.4 Å². The van der Waals surface area contributed by atoms with Crippen LogP contribution in [0.2, 0.25) is 0 Å². The summed E-state index contributed by atoms with van der Waals surface area (Å²) in [4.78, 5) is 29.7. The van der Waals surface area contributed by atoms with E-state index < -0.39 is 11.9 Å². The van der Waals surface area contributed by atoms with Crippen LogP contribution >= 0.6 is 11.8 Å². The molecule has 1 N–H and O–H groups in total. The van der Waals surface area contributed by atoms with Crippen LogP contribution in [0.3, 0.4) is 0 Å². The Morgan fingerprint density at radius 2 is 1.68 bits per heavy atom. The summed E-state index contributed by atoms with van der Waals surface area (Å²) in [5.74, 6) is -0.504. The van der Waals surface area contributed by atoms with E-state index in [1.165, 1.54) is 0 Å². The van der Waals surface area contributed by atoms with Gasteiger partial charge in [0.15, 0.2) is 11.5 Å². The van der Waals surface area contributed by atoms with E-state index in [9.17, 15) is 14.7 Å². The van der Waals surface area contributed by atoms with Gasteiger partial charge in [0, 0.05) is 5.56 Å². The van der Waals surface area contributed by atoms with Crippen molar-refractivity contribution in [2.75, 3.05) is 13.7 Å². The molecule has 0 saturated carbocycles. The van der Waals surface area contributed by atoms with E-state index in [0.717, 1.165) is 17.3 Å². The van der Waals surface area contributed by atoms with Crippen molar-refractivity contribution in [3.63, 3.8) is 0 Å². The van der Waals surface area contributed by atoms with Crippen LogP contribution in [-0.4, -0.2) is 35.7 Å². The van der Waals surface area contributed by atoms with Crippen LogP contribution in [0.25, 0.3) is 6.08 Å². The number of hydrogen-bond donors (Lipinski definition) is 1. The highest BCUT2D eigenvalue weighted by molar-refractivity contribution is 8.18. The lowest BCUT2D eigenvalue weighted by Gasteiger charge is -2.11. The number of aliphatic hydroxyl groups is 1. The van der Waals surface area contributed by atoms with E-state index in [4.69, 9.17) is 14.2 Å². The number of methoxy groups -OCH3 is 1. The Labute approximate surface area is 219 Å². The molecule has 0 unspecified atom stereocenters. The number of rotatable bonds is 8. The zero-order chi connectivity index (χ0) is 26.2. The zero-order valence-electron chi connectivity index (χ0n) is 20.3. The second kappa shape index (κ2) is 12.1. The van der Waals surface area contributed by atoms with Crippen molar-refractivity contribution < 1.29 is 28.9 Å². The van der Waals surface area contributed by atoms with Gasteiger partial charge < -0.3 is 19.3 Å². The number of carbonyl (C=O) groups is 2. The fourth-order valence-corrected chi connectivity index (χ4v) is 4.52. The van der Waals surface area contributed by atoms with Crippen molar-refractivity contribution in [3.8, 4) is 11.5 Å². The molecule has 0 saturated heterocycles. The predicted octanol–water partition coefficient (Wildman–Crippen LogP) is 5.98. The van der Waals surface area contributed by atoms with Gasteiger partial charge in [-0.3, -0.25) is 4.79 Å². The molecule has 4 rings (SSSR count). The van der Waals surface area contributed by atoms with Gasteiger partial charge in [-0.1, -0.05) is 66.4 Å². The van der Waals surface area contributed by atoms with Crippen LogP contribution < -0.4 is 9.47 Å². The van der Waals surface area contributed by atoms with E-state index in [0.29, 0.717) is 34.1 Å². The first-order chi connectivity index (χ1) is 18.0. The number of aliphatic hydroxyl groups excluding tert-OH is 1. The molecule has 1 amide bonds. The van der Waals surface area contributed by atoms with Crippen LogP contribution in [-0.2, 0) is 16.1 Å². The molecule has 0 aliphatic carbocycles. The summed E-state index contributed by atoms with van der Waals surface area (Å²) in [5, 5.41) is 11.0. The molecule has 1 aliphatic rings. The molecule has 7 nitrogen and oxygen atoms in total. The van der Waals surface area contributed by atoms with Crippen LogP contribution in [0, 0.1) is 0 Å². The number of nitrogens with zero attached hydrogens (tertiary/aromatic N) is 1. The number of hydrogen-bond acceptors (Lipinski definition) is 7. The molecule has 3 aromatic rings. The third kappa shape index (κ3) is 6.29. The Balaban J connectivity index is 1.62. The Morgan fingerprint density at radius 1 is 0.973 bits per heavy atom. The summed E-state index contributed by atoms with van der Waals surface area (Å²) >= 11 is 1.02. The van der Waals surface area contributed by atoms with Gasteiger partial charge in [0.1, 0.15) is 23.0 Å². The molecule has 0 aromatic heterocycles. The predicted molar refractivity (Wildman–Crippen MR) is 144 cm³/mol. The van der Waals surface area contributed by atoms with E-state index in [-0.39, 0.29) is 23.0 Å². The lowest BCUT2D eigenvalue weighted by molar-refractivity contribution is -0.138. The van der Waals surface area contributed by atoms with E-state index in [1.807, 2.05) is 30.3 Å². The molecule has 1 heterocycles. The van der Waals surface area contributed by atoms with Crippen LogP contribution in [0.15, 0.2) is 100 Å². The standard InChI is InChI=1S/C29H25NO6S/c1-3-35-29(33)25-26(31)24(37-28(25)30-27(32)21-12-8-5-9-13-21)17-20-14-15-22(23(16-20)34-2)36-18-19-10-6-4-7-11-19/h4-17,31H,3,18H2,1-2H3/b24-17-,30-28?. The molecule has 1 aliphatic heterocycles. The van der Waals surface area contributed by atoms with Gasteiger partial charge in [0.05, 0.1) is 18.6 Å². The number of thioether (sulfide) groups is 1.